The number of piperazine rings is 1. The van der Waals surface area contributed by atoms with Gasteiger partial charge in [-0.1, -0.05) is 12.1 Å². The van der Waals surface area contributed by atoms with Crippen molar-refractivity contribution >= 4 is 52.9 Å². The van der Waals surface area contributed by atoms with E-state index >= 15 is 0 Å². The number of amides is 2. The molecule has 40 heavy (non-hydrogen) atoms. The zero-order valence-corrected chi connectivity index (χ0v) is 23.8. The predicted octanol–water partition coefficient (Wildman–Crippen LogP) is 3.68. The number of halogens is 3. The summed E-state index contributed by atoms with van der Waals surface area (Å²) in [6.07, 6.45) is 0.677. The third-order valence-electron chi connectivity index (χ3n) is 6.11. The van der Waals surface area contributed by atoms with E-state index < -0.39 is 0 Å². The zero-order valence-electron chi connectivity index (χ0n) is 22.2. The molecule has 0 bridgehead atoms. The van der Waals surface area contributed by atoms with Gasteiger partial charge in [0.1, 0.15) is 11.6 Å². The smallest absolute Gasteiger partial charge is 0.325 e. The van der Waals surface area contributed by atoms with Gasteiger partial charge < -0.3 is 25.0 Å². The van der Waals surface area contributed by atoms with Crippen LogP contribution in [-0.2, 0) is 6.54 Å². The average molecular weight is 598 g/mol. The van der Waals surface area contributed by atoms with Crippen molar-refractivity contribution in [2.45, 2.75) is 19.9 Å². The normalized spacial score (nSPS) is 13.1. The van der Waals surface area contributed by atoms with Crippen molar-refractivity contribution in [1.29, 1.82) is 0 Å². The van der Waals surface area contributed by atoms with Gasteiger partial charge in [0, 0.05) is 51.3 Å². The summed E-state index contributed by atoms with van der Waals surface area (Å²) in [5, 5.41) is 11.4. The molecule has 1 saturated heterocycles. The largest absolute Gasteiger partial charge is 0.494 e. The van der Waals surface area contributed by atoms with Crippen molar-refractivity contribution in [3.8, 4) is 5.75 Å². The van der Waals surface area contributed by atoms with Gasteiger partial charge in [0.15, 0.2) is 5.65 Å². The van der Waals surface area contributed by atoms with Crippen molar-refractivity contribution in [2.24, 2.45) is 0 Å². The fourth-order valence-electron chi connectivity index (χ4n) is 4.22. The first-order valence-electron chi connectivity index (χ1n) is 12.7. The molecule has 0 unspecified atom stereocenters. The van der Waals surface area contributed by atoms with Crippen LogP contribution in [0.25, 0.3) is 22.1 Å². The molecule has 13 heteroatoms. The lowest BCUT2D eigenvalue weighted by molar-refractivity contribution is 0.135. The summed E-state index contributed by atoms with van der Waals surface area (Å²) in [6.45, 7) is 6.57. The SMILES string of the molecule is CCO.Cl.Cl.O=C(NCCCOc1ccc2nc3[nH]c(=O)[nH]c3cc2c1)N1CCN(Cc2ccc(F)cc2)CC1. The number of aromatic amines is 2. The van der Waals surface area contributed by atoms with E-state index in [1.54, 1.807) is 19.1 Å². The first kappa shape index (κ1) is 32.8. The number of fused-ring (bicyclic) bond motifs is 2. The predicted molar refractivity (Wildman–Crippen MR) is 158 cm³/mol. The number of hydrogen-bond donors (Lipinski definition) is 4. The summed E-state index contributed by atoms with van der Waals surface area (Å²) in [4.78, 5) is 37.8. The molecule has 2 amide bonds. The number of ether oxygens (including phenoxy) is 1. The Morgan fingerprint density at radius 3 is 2.48 bits per heavy atom. The van der Waals surface area contributed by atoms with E-state index in [1.165, 1.54) is 12.1 Å². The van der Waals surface area contributed by atoms with E-state index in [0.29, 0.717) is 49.6 Å². The maximum Gasteiger partial charge on any atom is 0.325 e. The van der Waals surface area contributed by atoms with Gasteiger partial charge in [0.2, 0.25) is 0 Å². The van der Waals surface area contributed by atoms with Gasteiger partial charge >= 0.3 is 11.7 Å². The number of aliphatic hydroxyl groups is 1. The van der Waals surface area contributed by atoms with Crippen LogP contribution in [0, 0.1) is 5.82 Å². The van der Waals surface area contributed by atoms with Gasteiger partial charge in [0.05, 0.1) is 17.6 Å². The minimum absolute atomic E-state index is 0. The molecule has 4 N–H and O–H groups in total. The topological polar surface area (TPSA) is 127 Å². The molecule has 10 nitrogen and oxygen atoms in total. The Morgan fingerprint density at radius 1 is 1.07 bits per heavy atom. The molecule has 0 aliphatic carbocycles. The number of H-pyrrole nitrogens is 2. The number of benzene rings is 2. The highest BCUT2D eigenvalue weighted by molar-refractivity contribution is 5.90. The molecule has 4 aromatic rings. The lowest BCUT2D eigenvalue weighted by Crippen LogP contribution is -2.51. The van der Waals surface area contributed by atoms with Crippen LogP contribution in [-0.4, -0.2) is 81.8 Å². The second-order valence-corrected chi connectivity index (χ2v) is 8.96. The quantitative estimate of drug-likeness (QED) is 0.241. The van der Waals surface area contributed by atoms with E-state index in [9.17, 15) is 14.0 Å². The van der Waals surface area contributed by atoms with Gasteiger partial charge in [-0.25, -0.2) is 19.0 Å². The number of aromatic nitrogens is 3. The van der Waals surface area contributed by atoms with E-state index in [0.717, 1.165) is 36.1 Å². The highest BCUT2D eigenvalue weighted by atomic mass is 35.5. The Hall–Kier alpha value is -3.38. The number of imidazole rings is 1. The first-order valence-corrected chi connectivity index (χ1v) is 12.7. The van der Waals surface area contributed by atoms with Crippen LogP contribution in [0.2, 0.25) is 0 Å². The lowest BCUT2D eigenvalue weighted by Gasteiger charge is -2.34. The Balaban J connectivity index is 0.00000107. The van der Waals surface area contributed by atoms with Crippen LogP contribution >= 0.6 is 24.8 Å². The third-order valence-corrected chi connectivity index (χ3v) is 6.11. The van der Waals surface area contributed by atoms with Crippen molar-refractivity contribution < 1.29 is 19.0 Å². The molecule has 2 aromatic heterocycles. The number of nitrogens with zero attached hydrogens (tertiary/aromatic N) is 3. The van der Waals surface area contributed by atoms with Crippen molar-refractivity contribution in [1.82, 2.24) is 30.1 Å². The van der Waals surface area contributed by atoms with Crippen LogP contribution < -0.4 is 15.7 Å². The lowest BCUT2D eigenvalue weighted by atomic mass is 10.2. The molecular formula is C27H35Cl2FN6O4. The molecule has 0 saturated carbocycles. The van der Waals surface area contributed by atoms with Crippen LogP contribution in [0.4, 0.5) is 9.18 Å². The first-order chi connectivity index (χ1) is 18.4. The fraction of sp³-hybridized carbons (Fsp3) is 0.370. The molecule has 1 aliphatic rings. The number of rotatable bonds is 7. The molecular weight excluding hydrogens is 562 g/mol. The van der Waals surface area contributed by atoms with Crippen LogP contribution in [0.3, 0.4) is 0 Å². The summed E-state index contributed by atoms with van der Waals surface area (Å²) in [5.74, 6) is 0.479. The Morgan fingerprint density at radius 2 is 1.77 bits per heavy atom. The van der Waals surface area contributed by atoms with Crippen LogP contribution in [0.15, 0.2) is 53.3 Å². The second-order valence-electron chi connectivity index (χ2n) is 8.96. The number of aliphatic hydroxyl groups excluding tert-OH is 1. The van der Waals surface area contributed by atoms with E-state index in [-0.39, 0.29) is 49.0 Å². The van der Waals surface area contributed by atoms with Crippen molar-refractivity contribution in [2.75, 3.05) is 45.9 Å². The summed E-state index contributed by atoms with van der Waals surface area (Å²) in [5.41, 5.74) is 2.73. The van der Waals surface area contributed by atoms with E-state index in [1.807, 2.05) is 29.2 Å². The fourth-order valence-corrected chi connectivity index (χ4v) is 4.22. The minimum Gasteiger partial charge on any atom is -0.494 e. The Labute approximate surface area is 243 Å². The minimum atomic E-state index is -0.284. The molecule has 3 heterocycles. The van der Waals surface area contributed by atoms with Crippen LogP contribution in [0.5, 0.6) is 5.75 Å². The molecule has 218 valence electrons. The molecule has 1 aliphatic heterocycles. The van der Waals surface area contributed by atoms with Gasteiger partial charge in [-0.05, 0) is 55.3 Å². The van der Waals surface area contributed by atoms with Gasteiger partial charge in [-0.15, -0.1) is 24.8 Å². The highest BCUT2D eigenvalue weighted by Crippen LogP contribution is 2.22. The number of nitrogens with one attached hydrogen (secondary N) is 3. The molecule has 1 fully saturated rings. The monoisotopic (exact) mass is 596 g/mol. The van der Waals surface area contributed by atoms with Gasteiger partial charge in [-0.2, -0.15) is 0 Å². The van der Waals surface area contributed by atoms with Crippen molar-refractivity contribution in [3.05, 3.63) is 70.4 Å². The molecule has 0 radical (unpaired) electrons. The zero-order chi connectivity index (χ0) is 26.9. The second kappa shape index (κ2) is 16.0. The molecule has 0 atom stereocenters. The molecule has 5 rings (SSSR count). The Bertz CT molecular complexity index is 1410. The maximum absolute atomic E-state index is 13.1. The van der Waals surface area contributed by atoms with Gasteiger partial charge in [-0.3, -0.25) is 9.88 Å². The third kappa shape index (κ3) is 9.09. The van der Waals surface area contributed by atoms with Crippen molar-refractivity contribution in [3.63, 3.8) is 0 Å². The number of urea groups is 1. The summed E-state index contributed by atoms with van der Waals surface area (Å²) >= 11 is 0. The van der Waals surface area contributed by atoms with Crippen LogP contribution in [0.1, 0.15) is 18.9 Å². The number of carbonyl (C=O) groups excluding carboxylic acids is 1. The summed E-state index contributed by atoms with van der Waals surface area (Å²) in [6, 6.07) is 13.9. The molecule has 0 spiro atoms. The standard InChI is InChI=1S/C25H27FN6O3.C2H6O.2ClH/c26-19-4-2-17(3-5-19)16-31-9-11-32(12-10-31)25(34)27-8-1-13-35-20-6-7-21-18(14-20)15-22-23(28-21)30-24(33)29-22;1-2-3;;/h2-7,14-15H,1,8-13,16H2,(H,27,34)(H2,28,29,30,33);3H,2H2,1H3;2*1H. The average Bonchev–Trinajstić information content (AvgIpc) is 3.27. The number of carbonyl (C=O) groups is 1. The molecule has 2 aromatic carbocycles. The Kier molecular flexibility index (Phi) is 13.1. The highest BCUT2D eigenvalue weighted by Gasteiger charge is 2.20. The number of hydrogen-bond acceptors (Lipinski definition) is 6. The maximum atomic E-state index is 13.1. The van der Waals surface area contributed by atoms with E-state index in [4.69, 9.17) is 9.84 Å². The summed E-state index contributed by atoms with van der Waals surface area (Å²) in [7, 11) is 0. The van der Waals surface area contributed by atoms with E-state index in [2.05, 4.69) is 25.2 Å². The van der Waals surface area contributed by atoms with Gasteiger partial charge in [0.25, 0.3) is 0 Å². The summed E-state index contributed by atoms with van der Waals surface area (Å²) < 4.78 is 18.9. The number of pyridine rings is 1.